The first kappa shape index (κ1) is 26.5. The van der Waals surface area contributed by atoms with Crippen LogP contribution in [-0.4, -0.2) is 33.5 Å². The summed E-state index contributed by atoms with van der Waals surface area (Å²) in [6.07, 6.45) is 8.72. The molecule has 196 valence electrons. The molecule has 0 aromatic carbocycles. The highest BCUT2D eigenvalue weighted by molar-refractivity contribution is 5.76. The molecule has 34 heavy (non-hydrogen) atoms. The fourth-order valence-corrected chi connectivity index (χ4v) is 10.5. The first-order chi connectivity index (χ1) is 15.7. The summed E-state index contributed by atoms with van der Waals surface area (Å²) in [4.78, 5) is 13.1. The predicted octanol–water partition coefficient (Wildman–Crippen LogP) is 6.53. The number of hydrogen-bond acceptors (Lipinski definition) is 3. The summed E-state index contributed by atoms with van der Waals surface area (Å²) in [5.74, 6) is 1.21. The molecule has 10 atom stereocenters. The number of aliphatic hydroxyl groups is 2. The molecule has 0 amide bonds. The number of fused-ring (bicyclic) bond motifs is 5. The zero-order chi connectivity index (χ0) is 25.3. The van der Waals surface area contributed by atoms with Crippen molar-refractivity contribution >= 4 is 5.97 Å². The molecule has 0 unspecified atom stereocenters. The van der Waals surface area contributed by atoms with Crippen molar-refractivity contribution in [2.24, 2.45) is 57.2 Å². The third kappa shape index (κ3) is 3.55. The molecule has 0 radical (unpaired) electrons. The van der Waals surface area contributed by atoms with Gasteiger partial charge in [-0.05, 0) is 90.8 Å². The lowest BCUT2D eigenvalue weighted by molar-refractivity contribution is -0.243. The Bertz CT molecular complexity index is 776. The van der Waals surface area contributed by atoms with E-state index in [0.717, 1.165) is 31.6 Å². The molecular weight excluding hydrogens is 424 g/mol. The highest BCUT2D eigenvalue weighted by Crippen LogP contribution is 2.74. The van der Waals surface area contributed by atoms with Gasteiger partial charge in [0.25, 0.3) is 0 Å². The van der Waals surface area contributed by atoms with Crippen molar-refractivity contribution in [3.05, 3.63) is 0 Å². The van der Waals surface area contributed by atoms with Crippen LogP contribution in [0.2, 0.25) is 0 Å². The minimum Gasteiger partial charge on any atom is -0.481 e. The Hall–Kier alpha value is -0.610. The molecule has 0 spiro atoms. The zero-order valence-corrected chi connectivity index (χ0v) is 22.9. The van der Waals surface area contributed by atoms with Crippen molar-refractivity contribution in [3.63, 3.8) is 0 Å². The lowest BCUT2D eigenvalue weighted by atomic mass is 9.37. The second-order valence-electron chi connectivity index (χ2n) is 14.5. The van der Waals surface area contributed by atoms with Gasteiger partial charge in [0.05, 0.1) is 17.6 Å². The summed E-state index contributed by atoms with van der Waals surface area (Å²) in [5, 5.41) is 33.4. The van der Waals surface area contributed by atoms with Crippen molar-refractivity contribution in [1.29, 1.82) is 0 Å². The van der Waals surface area contributed by atoms with Gasteiger partial charge in [0.15, 0.2) is 0 Å². The molecule has 3 N–H and O–H groups in total. The summed E-state index contributed by atoms with van der Waals surface area (Å²) in [5.41, 5.74) is -1.23. The van der Waals surface area contributed by atoms with Gasteiger partial charge in [-0.25, -0.2) is 0 Å². The molecule has 0 bridgehead atoms. The number of carboxylic acids is 1. The molecule has 4 aliphatic rings. The average Bonchev–Trinajstić information content (AvgIpc) is 3.01. The number of hydrogen-bond donors (Lipinski definition) is 3. The van der Waals surface area contributed by atoms with E-state index in [1.807, 2.05) is 0 Å². The summed E-state index contributed by atoms with van der Waals surface area (Å²) in [6, 6.07) is 0. The van der Waals surface area contributed by atoms with Crippen LogP contribution in [0.5, 0.6) is 0 Å². The molecule has 4 nitrogen and oxygen atoms in total. The highest BCUT2D eigenvalue weighted by Gasteiger charge is 2.72. The Kier molecular flexibility index (Phi) is 6.81. The number of aliphatic hydroxyl groups excluding tert-OH is 2. The van der Waals surface area contributed by atoms with E-state index in [-0.39, 0.29) is 28.6 Å². The number of aliphatic carboxylic acids is 1. The lowest BCUT2D eigenvalue weighted by Crippen LogP contribution is -2.68. The maximum absolute atomic E-state index is 13.1. The maximum atomic E-state index is 13.1. The number of carbonyl (C=O) groups is 1. The van der Waals surface area contributed by atoms with Crippen molar-refractivity contribution in [3.8, 4) is 0 Å². The van der Waals surface area contributed by atoms with Crippen LogP contribution in [0.4, 0.5) is 0 Å². The molecule has 4 saturated carbocycles. The van der Waals surface area contributed by atoms with Crippen LogP contribution in [0.15, 0.2) is 0 Å². The predicted molar refractivity (Wildman–Crippen MR) is 136 cm³/mol. The molecule has 0 heterocycles. The van der Waals surface area contributed by atoms with Gasteiger partial charge in [0.2, 0.25) is 0 Å². The van der Waals surface area contributed by atoms with Crippen LogP contribution in [0.25, 0.3) is 0 Å². The first-order valence-electron chi connectivity index (χ1n) is 14.3. The third-order valence-electron chi connectivity index (χ3n) is 12.5. The molecule has 0 aliphatic heterocycles. The van der Waals surface area contributed by atoms with Crippen molar-refractivity contribution in [2.75, 3.05) is 0 Å². The van der Waals surface area contributed by atoms with Crippen LogP contribution < -0.4 is 0 Å². The molecule has 0 aromatic heterocycles. The zero-order valence-electron chi connectivity index (χ0n) is 22.9. The second-order valence-corrected chi connectivity index (χ2v) is 14.5. The third-order valence-corrected chi connectivity index (χ3v) is 12.5. The number of rotatable bonds is 6. The SMILES string of the molecule is CC(C)CCC[C@@H](C)[C@H]1CC[C@@]2(C)[C@@H]3CC[C@H]4C(C)(C)[C@@H](O)CC[C@]4(C(=O)O)[C@H]3[C@@H](O)C[C@]12C. The van der Waals surface area contributed by atoms with E-state index in [0.29, 0.717) is 24.7 Å². The highest BCUT2D eigenvalue weighted by atomic mass is 16.4. The molecule has 4 fully saturated rings. The summed E-state index contributed by atoms with van der Waals surface area (Å²) < 4.78 is 0. The Labute approximate surface area is 208 Å². The molecule has 0 aromatic rings. The van der Waals surface area contributed by atoms with E-state index in [9.17, 15) is 20.1 Å². The maximum Gasteiger partial charge on any atom is 0.310 e. The fourth-order valence-electron chi connectivity index (χ4n) is 10.5. The summed E-state index contributed by atoms with van der Waals surface area (Å²) in [6.45, 7) is 16.1. The molecule has 4 aliphatic carbocycles. The van der Waals surface area contributed by atoms with Crippen molar-refractivity contribution in [1.82, 2.24) is 0 Å². The van der Waals surface area contributed by atoms with Crippen LogP contribution >= 0.6 is 0 Å². The minimum absolute atomic E-state index is 0.0566. The molecule has 4 heteroatoms. The van der Waals surface area contributed by atoms with Gasteiger partial charge in [0, 0.05) is 5.92 Å². The molecule has 4 rings (SSSR count). The van der Waals surface area contributed by atoms with Gasteiger partial charge in [-0.15, -0.1) is 0 Å². The lowest BCUT2D eigenvalue weighted by Gasteiger charge is -2.67. The van der Waals surface area contributed by atoms with Crippen LogP contribution in [0.3, 0.4) is 0 Å². The first-order valence-corrected chi connectivity index (χ1v) is 14.3. The summed E-state index contributed by atoms with van der Waals surface area (Å²) in [7, 11) is 0. The van der Waals surface area contributed by atoms with Crippen LogP contribution in [0, 0.1) is 57.2 Å². The van der Waals surface area contributed by atoms with Crippen LogP contribution in [0.1, 0.15) is 113 Å². The van der Waals surface area contributed by atoms with Gasteiger partial charge in [-0.3, -0.25) is 4.79 Å². The molecular formula is C30H52O4. The van der Waals surface area contributed by atoms with Gasteiger partial charge in [-0.2, -0.15) is 0 Å². The van der Waals surface area contributed by atoms with Gasteiger partial charge < -0.3 is 15.3 Å². The topological polar surface area (TPSA) is 77.8 Å². The largest absolute Gasteiger partial charge is 0.481 e. The fraction of sp³-hybridized carbons (Fsp3) is 0.967. The average molecular weight is 477 g/mol. The van der Waals surface area contributed by atoms with E-state index in [4.69, 9.17) is 0 Å². The van der Waals surface area contributed by atoms with E-state index in [1.54, 1.807) is 0 Å². The Balaban J connectivity index is 1.67. The monoisotopic (exact) mass is 476 g/mol. The Morgan fingerprint density at radius 1 is 0.912 bits per heavy atom. The number of carboxylic acid groups (broad SMARTS) is 1. The van der Waals surface area contributed by atoms with Crippen molar-refractivity contribution in [2.45, 2.75) is 125 Å². The Morgan fingerprint density at radius 3 is 2.21 bits per heavy atom. The van der Waals surface area contributed by atoms with Crippen LogP contribution in [-0.2, 0) is 4.79 Å². The van der Waals surface area contributed by atoms with Gasteiger partial charge >= 0.3 is 5.97 Å². The minimum atomic E-state index is -0.920. The normalized spacial score (nSPS) is 48.6. The molecule has 0 saturated heterocycles. The Morgan fingerprint density at radius 2 is 1.59 bits per heavy atom. The van der Waals surface area contributed by atoms with Crippen molar-refractivity contribution < 1.29 is 20.1 Å². The second kappa shape index (κ2) is 8.75. The van der Waals surface area contributed by atoms with E-state index in [1.165, 1.54) is 25.7 Å². The van der Waals surface area contributed by atoms with E-state index >= 15 is 0 Å². The van der Waals surface area contributed by atoms with E-state index < -0.39 is 29.0 Å². The van der Waals surface area contributed by atoms with Gasteiger partial charge in [0.1, 0.15) is 0 Å². The smallest absolute Gasteiger partial charge is 0.310 e. The standard InChI is InChI=1S/C30H52O4/c1-18(2)9-8-10-19(3)20-13-15-28(6)21-11-12-23-27(4,5)24(32)14-16-30(23,26(33)34)25(21)22(31)17-29(20,28)7/h18-25,31-32H,8-17H2,1-7H3,(H,33,34)/t19-,20-,21-,22+,23+,24+,25-,28+,29-,30-/m1/s1. The summed E-state index contributed by atoms with van der Waals surface area (Å²) >= 11 is 0. The van der Waals surface area contributed by atoms with E-state index in [2.05, 4.69) is 48.5 Å². The quantitative estimate of drug-likeness (QED) is 0.407. The van der Waals surface area contributed by atoms with Gasteiger partial charge in [-0.1, -0.05) is 67.7 Å².